The van der Waals surface area contributed by atoms with Crippen LogP contribution in [-0.2, 0) is 9.59 Å². The van der Waals surface area contributed by atoms with Gasteiger partial charge in [0.1, 0.15) is 16.9 Å². The number of hydrogen-bond acceptors (Lipinski definition) is 6. The van der Waals surface area contributed by atoms with Crippen molar-refractivity contribution in [2.24, 2.45) is 10.9 Å². The molecule has 1 aliphatic heterocycles. The number of ether oxygens (including phenoxy) is 4. The maximum atomic E-state index is 12.5. The van der Waals surface area contributed by atoms with Crippen LogP contribution < -0.4 is 34.8 Å². The van der Waals surface area contributed by atoms with E-state index in [-0.39, 0.29) is 11.8 Å². The van der Waals surface area contributed by atoms with Crippen LogP contribution in [0.5, 0.6) is 23.0 Å². The second kappa shape index (κ2) is 10.5. The van der Waals surface area contributed by atoms with E-state index in [1.165, 1.54) is 13.2 Å². The van der Waals surface area contributed by atoms with Crippen molar-refractivity contribution in [2.45, 2.75) is 6.42 Å². The Hall–Kier alpha value is -3.81. The quantitative estimate of drug-likeness (QED) is 0.596. The number of nitrogens with one attached hydrogen (secondary N) is 1. The number of carbonyl (C=O) groups excluding carboxylic acids is 2. The predicted molar refractivity (Wildman–Crippen MR) is 119 cm³/mol. The molecule has 0 radical (unpaired) electrons. The van der Waals surface area contributed by atoms with Crippen LogP contribution in [0, 0.1) is 5.92 Å². The zero-order valence-corrected chi connectivity index (χ0v) is 18.5. The molecule has 32 heavy (non-hydrogen) atoms. The lowest BCUT2D eigenvalue weighted by molar-refractivity contribution is -0.121. The molecule has 1 heterocycles. The summed E-state index contributed by atoms with van der Waals surface area (Å²) in [6, 6.07) is 8.86. The lowest BCUT2D eigenvalue weighted by atomic mass is 9.99. The summed E-state index contributed by atoms with van der Waals surface area (Å²) in [7, 11) is 6.21. The van der Waals surface area contributed by atoms with Gasteiger partial charge in [0.15, 0.2) is 11.5 Å². The van der Waals surface area contributed by atoms with Crippen molar-refractivity contribution in [1.29, 1.82) is 0 Å². The Labute approximate surface area is 186 Å². The fourth-order valence-corrected chi connectivity index (χ4v) is 3.40. The molecule has 0 spiro atoms. The van der Waals surface area contributed by atoms with Gasteiger partial charge in [-0.05, 0) is 42.3 Å². The monoisotopic (exact) mass is 438 g/mol. The van der Waals surface area contributed by atoms with E-state index in [2.05, 4.69) is 10.3 Å². The first-order chi connectivity index (χ1) is 15.5. The largest absolute Gasteiger partial charge is 0.496 e. The molecule has 8 heteroatoms. The first kappa shape index (κ1) is 22.9. The molecular weight excluding hydrogens is 412 g/mol. The Bertz CT molecular complexity index is 1160. The van der Waals surface area contributed by atoms with Gasteiger partial charge >= 0.3 is 0 Å². The highest BCUT2D eigenvalue weighted by Crippen LogP contribution is 2.27. The van der Waals surface area contributed by atoms with E-state index in [1.54, 1.807) is 51.7 Å². The fourth-order valence-electron chi connectivity index (χ4n) is 3.40. The minimum absolute atomic E-state index is 0.264. The van der Waals surface area contributed by atoms with Crippen LogP contribution in [0.3, 0.4) is 0 Å². The smallest absolute Gasteiger partial charge is 0.253 e. The second-order valence-electron chi connectivity index (χ2n) is 6.98. The molecule has 2 amide bonds. The van der Waals surface area contributed by atoms with E-state index in [0.717, 1.165) is 10.8 Å². The van der Waals surface area contributed by atoms with E-state index in [9.17, 15) is 9.59 Å². The average molecular weight is 438 g/mol. The molecular formula is C24H26N2O6. The van der Waals surface area contributed by atoms with Crippen molar-refractivity contribution in [3.63, 3.8) is 0 Å². The van der Waals surface area contributed by atoms with Crippen molar-refractivity contribution >= 4 is 24.0 Å². The number of methoxy groups -OCH3 is 4. The lowest BCUT2D eigenvalue weighted by Crippen LogP contribution is -2.37. The molecule has 1 atom stereocenters. The van der Waals surface area contributed by atoms with Gasteiger partial charge in [0, 0.05) is 17.8 Å². The highest BCUT2D eigenvalue weighted by Gasteiger charge is 2.21. The molecule has 3 rings (SSSR count). The molecule has 1 unspecified atom stereocenters. The third kappa shape index (κ3) is 5.08. The van der Waals surface area contributed by atoms with Gasteiger partial charge in [-0.25, -0.2) is 4.99 Å². The van der Waals surface area contributed by atoms with Gasteiger partial charge in [0.05, 0.1) is 34.4 Å². The van der Waals surface area contributed by atoms with Crippen LogP contribution in [0.2, 0.25) is 0 Å². The summed E-state index contributed by atoms with van der Waals surface area (Å²) in [5, 5.41) is 3.98. The normalized spacial score (nSPS) is 14.8. The van der Waals surface area contributed by atoms with Gasteiger partial charge < -0.3 is 24.3 Å². The third-order valence-corrected chi connectivity index (χ3v) is 5.08. The van der Waals surface area contributed by atoms with Crippen molar-refractivity contribution < 1.29 is 28.5 Å². The van der Waals surface area contributed by atoms with Crippen LogP contribution in [-0.4, -0.2) is 46.8 Å². The summed E-state index contributed by atoms with van der Waals surface area (Å²) in [6.45, 7) is 0.319. The molecule has 1 aliphatic rings. The van der Waals surface area contributed by atoms with E-state index in [4.69, 9.17) is 18.9 Å². The van der Waals surface area contributed by atoms with Gasteiger partial charge in [0.25, 0.3) is 5.91 Å². The molecule has 168 valence electrons. The SMILES string of the molecule is COc1ccc(/C=C/C(=O)NCCC2C=c3c(OC)ccc(OC)c3=NC2=O)cc1OC. The number of benzene rings is 2. The zero-order chi connectivity index (χ0) is 23.1. The minimum atomic E-state index is -0.460. The van der Waals surface area contributed by atoms with E-state index in [0.29, 0.717) is 41.3 Å². The Kier molecular flexibility index (Phi) is 7.49. The summed E-state index contributed by atoms with van der Waals surface area (Å²) in [6.07, 6.45) is 5.34. The van der Waals surface area contributed by atoms with Crippen molar-refractivity contribution in [3.8, 4) is 23.0 Å². The molecule has 2 aromatic rings. The highest BCUT2D eigenvalue weighted by molar-refractivity contribution is 5.92. The summed E-state index contributed by atoms with van der Waals surface area (Å²) < 4.78 is 21.2. The summed E-state index contributed by atoms with van der Waals surface area (Å²) in [4.78, 5) is 28.9. The van der Waals surface area contributed by atoms with Gasteiger partial charge in [0.2, 0.25) is 5.91 Å². The Morgan fingerprint density at radius 1 is 0.969 bits per heavy atom. The zero-order valence-electron chi connectivity index (χ0n) is 18.5. The van der Waals surface area contributed by atoms with Gasteiger partial charge in [-0.3, -0.25) is 9.59 Å². The average Bonchev–Trinajstić information content (AvgIpc) is 2.82. The molecule has 8 nitrogen and oxygen atoms in total. The number of carbonyl (C=O) groups is 2. The summed E-state index contributed by atoms with van der Waals surface area (Å²) >= 11 is 0. The van der Waals surface area contributed by atoms with Gasteiger partial charge in [-0.2, -0.15) is 0 Å². The highest BCUT2D eigenvalue weighted by atomic mass is 16.5. The molecule has 0 fully saturated rings. The van der Waals surface area contributed by atoms with Crippen LogP contribution in [0.1, 0.15) is 12.0 Å². The maximum absolute atomic E-state index is 12.5. The van der Waals surface area contributed by atoms with Crippen molar-refractivity contribution in [2.75, 3.05) is 35.0 Å². The van der Waals surface area contributed by atoms with Gasteiger partial charge in [-0.15, -0.1) is 0 Å². The maximum Gasteiger partial charge on any atom is 0.253 e. The first-order valence-electron chi connectivity index (χ1n) is 10.0. The molecule has 1 N–H and O–H groups in total. The number of rotatable bonds is 9. The van der Waals surface area contributed by atoms with Gasteiger partial charge in [-0.1, -0.05) is 12.1 Å². The molecule has 0 saturated carbocycles. The molecule has 2 aromatic carbocycles. The second-order valence-corrected chi connectivity index (χ2v) is 6.98. The van der Waals surface area contributed by atoms with Crippen LogP contribution in [0.4, 0.5) is 0 Å². The van der Waals surface area contributed by atoms with Crippen LogP contribution >= 0.6 is 0 Å². The Morgan fingerprint density at radius 3 is 2.31 bits per heavy atom. The van der Waals surface area contributed by atoms with Crippen LogP contribution in [0.15, 0.2) is 41.4 Å². The minimum Gasteiger partial charge on any atom is -0.496 e. The number of nitrogens with zero attached hydrogens (tertiary/aromatic N) is 1. The van der Waals surface area contributed by atoms with E-state index < -0.39 is 5.92 Å². The molecule has 0 saturated heterocycles. The van der Waals surface area contributed by atoms with E-state index >= 15 is 0 Å². The van der Waals surface area contributed by atoms with E-state index in [1.807, 2.05) is 12.1 Å². The van der Waals surface area contributed by atoms with Crippen LogP contribution in [0.25, 0.3) is 12.2 Å². The Balaban J connectivity index is 1.63. The van der Waals surface area contributed by atoms with Crippen molar-refractivity contribution in [1.82, 2.24) is 5.32 Å². The lowest BCUT2D eigenvalue weighted by Gasteiger charge is -2.15. The predicted octanol–water partition coefficient (Wildman–Crippen LogP) is 1.50. The summed E-state index contributed by atoms with van der Waals surface area (Å²) in [5.41, 5.74) is 0.796. The third-order valence-electron chi connectivity index (χ3n) is 5.08. The topological polar surface area (TPSA) is 95.5 Å². The number of fused-ring (bicyclic) bond motifs is 1. The fraction of sp³-hybridized carbons (Fsp3) is 0.292. The first-order valence-corrected chi connectivity index (χ1v) is 10.0. The van der Waals surface area contributed by atoms with Crippen molar-refractivity contribution in [3.05, 3.63) is 52.5 Å². The molecule has 0 bridgehead atoms. The molecule has 0 aromatic heterocycles. The summed E-state index contributed by atoms with van der Waals surface area (Å²) in [5.74, 6) is 1.32. The standard InChI is InChI=1S/C24H26N2O6/c1-29-18-8-9-20(31-3)23-17(18)14-16(24(28)26-23)11-12-25-22(27)10-6-15-5-7-19(30-2)21(13-15)32-4/h5-10,13-14,16H,11-12H2,1-4H3,(H,25,27)/b10-6+. The molecule has 0 aliphatic carbocycles. The number of amides is 2. The number of hydrogen-bond donors (Lipinski definition) is 1. The Morgan fingerprint density at radius 2 is 1.62 bits per heavy atom.